The first-order chi connectivity index (χ1) is 19.0. The lowest BCUT2D eigenvalue weighted by molar-refractivity contribution is -0.271. The molecule has 226 valence electrons. The number of ether oxygens (including phenoxy) is 3. The predicted octanol–water partition coefficient (Wildman–Crippen LogP) is -2.35. The summed E-state index contributed by atoms with van der Waals surface area (Å²) in [5.74, 6) is -0.804. The highest BCUT2D eigenvalue weighted by atomic mass is 32.2. The van der Waals surface area contributed by atoms with Crippen molar-refractivity contribution >= 4 is 37.4 Å². The average Bonchev–Trinajstić information content (AvgIpc) is 2.94. The van der Waals surface area contributed by atoms with Gasteiger partial charge in [0.05, 0.1) is 14.5 Å². The van der Waals surface area contributed by atoms with E-state index >= 15 is 0 Å². The molecule has 40 heavy (non-hydrogen) atoms. The fourth-order valence-electron chi connectivity index (χ4n) is 3.00. The standard InChI is InChI=1S/C16H21NO9.C5H10BNO2S.C3H9N/c1-24-6-8-2-3-10(9(4-8)5-17-7-18)25-16-13(21)11(19)12(20)14(26-16)15(22)23;1-10(9)3-2-7(4-6)5-8;1-2-3-4/h2-4,7,11-14,16,19-21H,5-6H2,1H3,(H,17,18)(H,22,23);5H,2-4H2,1H3;2-4H2,1H3. The number of nitrogens with zero attached hydrogens (tertiary/aromatic N) is 1. The van der Waals surface area contributed by atoms with Gasteiger partial charge in [0, 0.05) is 48.6 Å². The lowest BCUT2D eigenvalue weighted by Crippen LogP contribution is -2.61. The Morgan fingerprint density at radius 3 is 2.38 bits per heavy atom. The Morgan fingerprint density at radius 1 is 1.25 bits per heavy atom. The van der Waals surface area contributed by atoms with Crippen molar-refractivity contribution in [3.63, 3.8) is 0 Å². The van der Waals surface area contributed by atoms with E-state index in [2.05, 4.69) is 12.2 Å². The van der Waals surface area contributed by atoms with Crippen molar-refractivity contribution in [1.82, 2.24) is 10.2 Å². The Morgan fingerprint density at radius 2 is 1.90 bits per heavy atom. The predicted molar refractivity (Wildman–Crippen MR) is 147 cm³/mol. The van der Waals surface area contributed by atoms with E-state index in [4.69, 9.17) is 32.9 Å². The third-order valence-corrected chi connectivity index (χ3v) is 5.96. The second-order valence-corrected chi connectivity index (χ2v) is 9.95. The van der Waals surface area contributed by atoms with Crippen LogP contribution in [0.3, 0.4) is 0 Å². The van der Waals surface area contributed by atoms with E-state index in [1.165, 1.54) is 12.0 Å². The monoisotopic (exact) mass is 589 g/mol. The largest absolute Gasteiger partial charge is 0.479 e. The number of methoxy groups -OCH3 is 1. The Labute approximate surface area is 237 Å². The number of carboxylic acids is 1. The van der Waals surface area contributed by atoms with E-state index in [1.54, 1.807) is 24.5 Å². The van der Waals surface area contributed by atoms with Crippen LogP contribution in [0.4, 0.5) is 0 Å². The summed E-state index contributed by atoms with van der Waals surface area (Å²) in [6.45, 7) is 3.78. The number of carboxylic acid groups (broad SMARTS) is 1. The summed E-state index contributed by atoms with van der Waals surface area (Å²) < 4.78 is 26.2. The number of aliphatic hydroxyl groups is 3. The molecule has 0 aliphatic carbocycles. The molecule has 0 bridgehead atoms. The molecule has 1 fully saturated rings. The smallest absolute Gasteiger partial charge is 0.335 e. The van der Waals surface area contributed by atoms with Crippen LogP contribution in [-0.2, 0) is 47.8 Å². The third-order valence-electron chi connectivity index (χ3n) is 5.21. The molecule has 2 rings (SSSR count). The zero-order valence-electron chi connectivity index (χ0n) is 22.9. The van der Waals surface area contributed by atoms with Crippen LogP contribution in [0, 0.1) is 0 Å². The summed E-state index contributed by atoms with van der Waals surface area (Å²) in [7, 11) is 5.85. The molecule has 0 spiro atoms. The van der Waals surface area contributed by atoms with Gasteiger partial charge in [-0.2, -0.15) is 0 Å². The normalized spacial score (nSPS) is 22.3. The van der Waals surface area contributed by atoms with Gasteiger partial charge in [0.25, 0.3) is 0 Å². The summed E-state index contributed by atoms with van der Waals surface area (Å²) in [5.41, 5.74) is 6.35. The molecular formula is C24H40BN3O11S. The number of nitrogens with two attached hydrogens (primary N) is 1. The number of carbonyl (C=O) groups excluding carboxylic acids is 2. The summed E-state index contributed by atoms with van der Waals surface area (Å²) in [6.07, 6.45) is -4.49. The van der Waals surface area contributed by atoms with Crippen molar-refractivity contribution in [3.8, 4) is 5.75 Å². The first-order valence-electron chi connectivity index (χ1n) is 12.3. The van der Waals surface area contributed by atoms with Crippen molar-refractivity contribution in [2.45, 2.75) is 57.2 Å². The van der Waals surface area contributed by atoms with Crippen LogP contribution in [0.5, 0.6) is 5.75 Å². The van der Waals surface area contributed by atoms with E-state index in [1.807, 2.05) is 0 Å². The summed E-state index contributed by atoms with van der Waals surface area (Å²) in [4.78, 5) is 33.2. The van der Waals surface area contributed by atoms with Crippen molar-refractivity contribution < 1.29 is 53.2 Å². The van der Waals surface area contributed by atoms with Gasteiger partial charge >= 0.3 is 5.97 Å². The molecule has 7 N–H and O–H groups in total. The van der Waals surface area contributed by atoms with Gasteiger partial charge in [-0.3, -0.25) is 13.8 Å². The van der Waals surface area contributed by atoms with E-state index in [9.17, 15) is 33.9 Å². The second-order valence-electron chi connectivity index (χ2n) is 8.39. The molecule has 1 aromatic carbocycles. The van der Waals surface area contributed by atoms with Gasteiger partial charge in [0.1, 0.15) is 24.1 Å². The van der Waals surface area contributed by atoms with E-state index in [0.717, 1.165) is 18.5 Å². The van der Waals surface area contributed by atoms with Crippen LogP contribution in [0.2, 0.25) is 0 Å². The molecule has 14 nitrogen and oxygen atoms in total. The SMILES string of the molecule is CCCN.COCc1ccc(OC2OC(C(=O)O)C(O)C(O)C2O)c(CNC=O)c1.[B]CN(C=O)CCS(C)=O. The van der Waals surface area contributed by atoms with Gasteiger partial charge < -0.3 is 50.6 Å². The fourth-order valence-corrected chi connectivity index (χ4v) is 3.49. The highest BCUT2D eigenvalue weighted by molar-refractivity contribution is 7.84. The quantitative estimate of drug-likeness (QED) is 0.0993. The number of aliphatic hydroxyl groups excluding tert-OH is 3. The molecule has 1 aromatic rings. The Balaban J connectivity index is 0.000000902. The minimum Gasteiger partial charge on any atom is -0.479 e. The molecule has 16 heteroatoms. The van der Waals surface area contributed by atoms with Crippen LogP contribution in [0.15, 0.2) is 18.2 Å². The average molecular weight is 589 g/mol. The van der Waals surface area contributed by atoms with Crippen molar-refractivity contribution in [3.05, 3.63) is 29.3 Å². The van der Waals surface area contributed by atoms with Crippen LogP contribution < -0.4 is 15.8 Å². The van der Waals surface area contributed by atoms with Crippen molar-refractivity contribution in [2.24, 2.45) is 5.73 Å². The van der Waals surface area contributed by atoms with E-state index in [-0.39, 0.29) is 18.7 Å². The first-order valence-corrected chi connectivity index (χ1v) is 14.0. The number of nitrogens with one attached hydrogen (secondary N) is 1. The molecule has 6 unspecified atom stereocenters. The number of benzene rings is 1. The molecule has 1 aliphatic rings. The van der Waals surface area contributed by atoms with Crippen LogP contribution in [0.25, 0.3) is 0 Å². The molecule has 2 amide bonds. The van der Waals surface area contributed by atoms with Crippen LogP contribution in [-0.4, -0.2) is 126 Å². The lowest BCUT2D eigenvalue weighted by atomic mass is 9.99. The Hall–Kier alpha value is -2.60. The highest BCUT2D eigenvalue weighted by Gasteiger charge is 2.48. The van der Waals surface area contributed by atoms with Gasteiger partial charge in [0.15, 0.2) is 6.10 Å². The molecule has 1 saturated heterocycles. The van der Waals surface area contributed by atoms with Gasteiger partial charge in [-0.1, -0.05) is 13.0 Å². The molecule has 0 saturated carbocycles. The van der Waals surface area contributed by atoms with Gasteiger partial charge in [-0.25, -0.2) is 4.79 Å². The second kappa shape index (κ2) is 21.2. The zero-order valence-corrected chi connectivity index (χ0v) is 23.7. The first kappa shape index (κ1) is 37.4. The molecule has 1 aliphatic heterocycles. The summed E-state index contributed by atoms with van der Waals surface area (Å²) in [6, 6.07) is 4.92. The number of aliphatic carboxylic acids is 1. The van der Waals surface area contributed by atoms with E-state index in [0.29, 0.717) is 37.3 Å². The summed E-state index contributed by atoms with van der Waals surface area (Å²) >= 11 is 0. The third kappa shape index (κ3) is 13.7. The molecule has 6 atom stereocenters. The van der Waals surface area contributed by atoms with Gasteiger partial charge in [0.2, 0.25) is 19.1 Å². The topological polar surface area (TPSA) is 218 Å². The Bertz CT molecular complexity index is 913. The maximum atomic E-state index is 11.1. The number of amides is 2. The highest BCUT2D eigenvalue weighted by Crippen LogP contribution is 2.27. The maximum absolute atomic E-state index is 11.1. The van der Waals surface area contributed by atoms with Crippen LogP contribution >= 0.6 is 0 Å². The number of rotatable bonds is 14. The molecular weight excluding hydrogens is 549 g/mol. The van der Waals surface area contributed by atoms with Gasteiger partial charge in [-0.15, -0.1) is 0 Å². The Kier molecular flexibility index (Phi) is 19.8. The number of hydrogen-bond donors (Lipinski definition) is 6. The van der Waals surface area contributed by atoms with E-state index < -0.39 is 47.5 Å². The minimum absolute atomic E-state index is 0.104. The molecule has 2 radical (unpaired) electrons. The molecule has 1 heterocycles. The van der Waals surface area contributed by atoms with Gasteiger partial charge in [-0.05, 0) is 37.1 Å². The molecule has 0 aromatic heterocycles. The van der Waals surface area contributed by atoms with Crippen molar-refractivity contribution in [2.75, 3.05) is 38.7 Å². The van der Waals surface area contributed by atoms with Crippen molar-refractivity contribution in [1.29, 1.82) is 0 Å². The lowest BCUT2D eigenvalue weighted by Gasteiger charge is -2.38. The van der Waals surface area contributed by atoms with Crippen LogP contribution in [0.1, 0.15) is 24.5 Å². The maximum Gasteiger partial charge on any atom is 0.335 e. The number of carbonyl (C=O) groups is 3. The summed E-state index contributed by atoms with van der Waals surface area (Å²) in [5, 5.41) is 41.1. The zero-order chi connectivity index (χ0) is 30.7. The number of hydrogen-bond acceptors (Lipinski definition) is 11. The fraction of sp³-hybridized carbons (Fsp3) is 0.625. The minimum atomic E-state index is -1.80.